The third-order valence-corrected chi connectivity index (χ3v) is 6.51. The molecule has 0 heterocycles. The van der Waals surface area contributed by atoms with E-state index in [0.29, 0.717) is 12.8 Å². The van der Waals surface area contributed by atoms with E-state index in [-0.39, 0.29) is 35.7 Å². The monoisotopic (exact) mass is 414 g/mol. The van der Waals surface area contributed by atoms with Crippen molar-refractivity contribution in [3.8, 4) is 0 Å². The second-order valence-corrected chi connectivity index (χ2v) is 9.46. The quantitative estimate of drug-likeness (QED) is 0.200. The third-order valence-electron chi connectivity index (χ3n) is 5.22. The maximum atomic E-state index is 11.4. The van der Waals surface area contributed by atoms with Crippen LogP contribution < -0.4 is 29.6 Å². The fourth-order valence-corrected chi connectivity index (χ4v) is 4.43. The second-order valence-electron chi connectivity index (χ2n) is 7.81. The first-order valence-corrected chi connectivity index (χ1v) is 12.5. The van der Waals surface area contributed by atoms with Crippen LogP contribution in [0, 0.1) is 0 Å². The Balaban J connectivity index is 0. The van der Waals surface area contributed by atoms with Gasteiger partial charge in [-0.15, -0.1) is 0 Å². The van der Waals surface area contributed by atoms with Crippen LogP contribution in [-0.2, 0) is 10.1 Å². The molecule has 0 aliphatic heterocycles. The minimum atomic E-state index is -4.16. The number of aliphatic hydroxyl groups is 1. The molecule has 27 heavy (non-hydrogen) atoms. The van der Waals surface area contributed by atoms with Crippen LogP contribution >= 0.6 is 0 Å². The van der Waals surface area contributed by atoms with E-state index in [1.54, 1.807) is 0 Å². The molecule has 0 aromatic rings. The van der Waals surface area contributed by atoms with Gasteiger partial charge in [-0.25, -0.2) is 8.42 Å². The Hall–Kier alpha value is 0.870. The molecule has 0 aromatic heterocycles. The van der Waals surface area contributed by atoms with Gasteiger partial charge in [0.1, 0.15) is 0 Å². The molecule has 0 amide bonds. The van der Waals surface area contributed by atoms with Gasteiger partial charge in [-0.05, 0) is 25.7 Å². The van der Waals surface area contributed by atoms with E-state index in [2.05, 4.69) is 13.8 Å². The van der Waals surface area contributed by atoms with E-state index >= 15 is 0 Å². The Morgan fingerprint density at radius 2 is 1.07 bits per heavy atom. The molecule has 0 spiro atoms. The van der Waals surface area contributed by atoms with Crippen LogP contribution in [0.15, 0.2) is 0 Å². The zero-order valence-electron chi connectivity index (χ0n) is 18.3. The first kappa shape index (κ1) is 30.1. The van der Waals surface area contributed by atoms with Crippen LogP contribution in [0.5, 0.6) is 0 Å². The molecule has 0 rings (SSSR count). The number of hydrogen-bond donors (Lipinski definition) is 1. The van der Waals surface area contributed by atoms with E-state index in [1.807, 2.05) is 0 Å². The van der Waals surface area contributed by atoms with E-state index in [1.165, 1.54) is 19.3 Å². The summed E-state index contributed by atoms with van der Waals surface area (Å²) in [4.78, 5) is 0. The van der Waals surface area contributed by atoms with Crippen molar-refractivity contribution in [2.45, 2.75) is 134 Å². The first-order chi connectivity index (χ1) is 12.4. The molecule has 0 fully saturated rings. The maximum absolute atomic E-state index is 11.4. The average molecular weight is 415 g/mol. The molecular formula is C21H43NaO4S. The van der Waals surface area contributed by atoms with Gasteiger partial charge in [0.05, 0.1) is 16.2 Å². The van der Waals surface area contributed by atoms with Crippen molar-refractivity contribution in [1.82, 2.24) is 0 Å². The molecule has 0 radical (unpaired) electrons. The summed E-state index contributed by atoms with van der Waals surface area (Å²) in [5, 5.41) is 8.99. The fourth-order valence-electron chi connectivity index (χ4n) is 3.52. The Bertz CT molecular complexity index is 401. The van der Waals surface area contributed by atoms with Crippen molar-refractivity contribution >= 4 is 10.1 Å². The Morgan fingerprint density at radius 1 is 0.667 bits per heavy atom. The average Bonchev–Trinajstić information content (AvgIpc) is 2.57. The second kappa shape index (κ2) is 20.2. The van der Waals surface area contributed by atoms with Gasteiger partial charge >= 0.3 is 29.6 Å². The largest absolute Gasteiger partial charge is 1.00 e. The summed E-state index contributed by atoms with van der Waals surface area (Å²) in [6, 6.07) is 0. The number of rotatable bonds is 19. The molecule has 6 heteroatoms. The van der Waals surface area contributed by atoms with Crippen molar-refractivity contribution in [1.29, 1.82) is 0 Å². The van der Waals surface area contributed by atoms with Crippen LogP contribution in [0.4, 0.5) is 0 Å². The topological polar surface area (TPSA) is 77.4 Å². The zero-order chi connectivity index (χ0) is 19.7. The van der Waals surface area contributed by atoms with Crippen molar-refractivity contribution in [3.05, 3.63) is 0 Å². The van der Waals surface area contributed by atoms with Crippen molar-refractivity contribution in [3.63, 3.8) is 0 Å². The SMILES string of the molecule is CCCCCCCCC(CCCCCCCCC(O)CCC)S(=O)(=O)[O-].[Na+]. The summed E-state index contributed by atoms with van der Waals surface area (Å²) >= 11 is 0. The predicted octanol–water partition coefficient (Wildman–Crippen LogP) is 2.94. The molecule has 1 N–H and O–H groups in total. The number of aliphatic hydroxyl groups excluding tert-OH is 1. The van der Waals surface area contributed by atoms with Gasteiger partial charge in [-0.3, -0.25) is 0 Å². The van der Waals surface area contributed by atoms with Crippen LogP contribution in [0.2, 0.25) is 0 Å². The number of unbranched alkanes of at least 4 members (excludes halogenated alkanes) is 10. The molecule has 2 unspecified atom stereocenters. The van der Waals surface area contributed by atoms with E-state index in [4.69, 9.17) is 0 Å². The van der Waals surface area contributed by atoms with Gasteiger partial charge in [0.2, 0.25) is 0 Å². The van der Waals surface area contributed by atoms with Crippen molar-refractivity contribution in [2.75, 3.05) is 0 Å². The molecule has 4 nitrogen and oxygen atoms in total. The summed E-state index contributed by atoms with van der Waals surface area (Å²) in [7, 11) is -4.16. The van der Waals surface area contributed by atoms with Crippen molar-refractivity contribution < 1.29 is 47.6 Å². The molecule has 0 bridgehead atoms. The van der Waals surface area contributed by atoms with Crippen molar-refractivity contribution in [2.24, 2.45) is 0 Å². The molecular weight excluding hydrogens is 371 g/mol. The Morgan fingerprint density at radius 3 is 1.48 bits per heavy atom. The normalized spacial score (nSPS) is 13.9. The summed E-state index contributed by atoms with van der Waals surface area (Å²) in [6.07, 6.45) is 16.7. The third kappa shape index (κ3) is 19.9. The maximum Gasteiger partial charge on any atom is 1.00 e. The van der Waals surface area contributed by atoms with Crippen LogP contribution in [0.25, 0.3) is 0 Å². The molecule has 0 aliphatic rings. The Kier molecular flexibility index (Phi) is 22.4. The molecule has 0 saturated heterocycles. The molecule has 158 valence electrons. The summed E-state index contributed by atoms with van der Waals surface area (Å²) in [6.45, 7) is 4.26. The molecule has 0 aliphatic carbocycles. The first-order valence-electron chi connectivity index (χ1n) is 11.0. The molecule has 2 atom stereocenters. The predicted molar refractivity (Wildman–Crippen MR) is 109 cm³/mol. The minimum absolute atomic E-state index is 0. The van der Waals surface area contributed by atoms with Crippen LogP contribution in [0.3, 0.4) is 0 Å². The van der Waals surface area contributed by atoms with Gasteiger partial charge < -0.3 is 9.66 Å². The van der Waals surface area contributed by atoms with Gasteiger partial charge in [0.25, 0.3) is 0 Å². The van der Waals surface area contributed by atoms with E-state index < -0.39 is 15.4 Å². The molecule has 0 saturated carbocycles. The van der Waals surface area contributed by atoms with Gasteiger partial charge in [0.15, 0.2) is 0 Å². The van der Waals surface area contributed by atoms with E-state index in [9.17, 15) is 18.1 Å². The summed E-state index contributed by atoms with van der Waals surface area (Å²) in [5.41, 5.74) is 0. The fraction of sp³-hybridized carbons (Fsp3) is 1.00. The summed E-state index contributed by atoms with van der Waals surface area (Å²) in [5.74, 6) is 0. The Labute approximate surface area is 191 Å². The smallest absolute Gasteiger partial charge is 0.748 e. The zero-order valence-corrected chi connectivity index (χ0v) is 21.1. The van der Waals surface area contributed by atoms with Gasteiger partial charge in [0, 0.05) is 5.25 Å². The van der Waals surface area contributed by atoms with Gasteiger partial charge in [-0.2, -0.15) is 0 Å². The standard InChI is InChI=1S/C21H44O4S.Na/c1-3-5-6-7-11-14-18-21(26(23,24)25)19-15-12-9-8-10-13-17-20(22)16-4-2;/h20-22H,3-19H2,1-2H3,(H,23,24,25);/q;+1/p-1. The molecule has 0 aromatic carbocycles. The van der Waals surface area contributed by atoms with Gasteiger partial charge in [-0.1, -0.05) is 97.3 Å². The minimum Gasteiger partial charge on any atom is -0.748 e. The van der Waals surface area contributed by atoms with Crippen LogP contribution in [0.1, 0.15) is 123 Å². The van der Waals surface area contributed by atoms with E-state index in [0.717, 1.165) is 77.0 Å². The number of hydrogen-bond acceptors (Lipinski definition) is 4. The summed E-state index contributed by atoms with van der Waals surface area (Å²) < 4.78 is 34.3. The van der Waals surface area contributed by atoms with Crippen LogP contribution in [-0.4, -0.2) is 29.4 Å².